The van der Waals surface area contributed by atoms with E-state index < -0.39 is 0 Å². The van der Waals surface area contributed by atoms with Crippen LogP contribution in [0.25, 0.3) is 0 Å². The zero-order valence-corrected chi connectivity index (χ0v) is 13.8. The Bertz CT molecular complexity index is 666. The molecule has 2 aromatic heterocycles. The lowest BCUT2D eigenvalue weighted by Gasteiger charge is -2.33. The monoisotopic (exact) mass is 329 g/mol. The van der Waals surface area contributed by atoms with E-state index in [0.29, 0.717) is 12.1 Å². The maximum absolute atomic E-state index is 12.8. The quantitative estimate of drug-likeness (QED) is 0.807. The molecule has 3 heterocycles. The summed E-state index contributed by atoms with van der Waals surface area (Å²) in [6, 6.07) is 7.33. The maximum atomic E-state index is 12.8. The number of likely N-dealkylation sites (tertiary alicyclic amines) is 1. The lowest BCUT2D eigenvalue weighted by Crippen LogP contribution is -2.44. The molecule has 0 aliphatic carbocycles. The van der Waals surface area contributed by atoms with Crippen molar-refractivity contribution in [2.24, 2.45) is 0 Å². The summed E-state index contributed by atoms with van der Waals surface area (Å²) < 4.78 is 5.97. The normalized spacial score (nSPS) is 17.8. The van der Waals surface area contributed by atoms with Crippen molar-refractivity contribution in [1.82, 2.24) is 14.9 Å². The number of thioether (sulfide) groups is 1. The second-order valence-electron chi connectivity index (χ2n) is 5.38. The number of nitrogens with zero attached hydrogens (tertiary/aromatic N) is 3. The van der Waals surface area contributed by atoms with Crippen LogP contribution in [-0.2, 0) is 0 Å². The molecule has 3 rings (SSSR count). The highest BCUT2D eigenvalue weighted by atomic mass is 32.2. The number of ether oxygens (including phenoxy) is 1. The average Bonchev–Trinajstić information content (AvgIpc) is 2.62. The number of amides is 1. The van der Waals surface area contributed by atoms with Gasteiger partial charge in [-0.05, 0) is 43.4 Å². The Morgan fingerprint density at radius 3 is 2.91 bits per heavy atom. The predicted molar refractivity (Wildman–Crippen MR) is 89.8 cm³/mol. The molecule has 5 nitrogen and oxygen atoms in total. The van der Waals surface area contributed by atoms with Gasteiger partial charge in [0.2, 0.25) is 0 Å². The van der Waals surface area contributed by atoms with Gasteiger partial charge in [0.25, 0.3) is 5.91 Å². The zero-order valence-electron chi connectivity index (χ0n) is 13.0. The molecule has 1 saturated heterocycles. The average molecular weight is 329 g/mol. The number of carbonyl (C=O) groups is 1. The molecule has 1 atom stereocenters. The van der Waals surface area contributed by atoms with E-state index in [1.807, 2.05) is 35.4 Å². The van der Waals surface area contributed by atoms with E-state index in [-0.39, 0.29) is 12.0 Å². The minimum atomic E-state index is 0.0181. The second kappa shape index (κ2) is 7.46. The van der Waals surface area contributed by atoms with Crippen LogP contribution in [0.5, 0.6) is 5.75 Å². The van der Waals surface area contributed by atoms with Crippen molar-refractivity contribution in [2.75, 3.05) is 19.3 Å². The number of hydrogen-bond acceptors (Lipinski definition) is 5. The van der Waals surface area contributed by atoms with E-state index in [4.69, 9.17) is 4.74 Å². The molecule has 23 heavy (non-hydrogen) atoms. The van der Waals surface area contributed by atoms with E-state index >= 15 is 0 Å². The summed E-state index contributed by atoms with van der Waals surface area (Å²) in [4.78, 5) is 22.9. The van der Waals surface area contributed by atoms with Gasteiger partial charge in [-0.1, -0.05) is 0 Å². The van der Waals surface area contributed by atoms with Gasteiger partial charge in [-0.15, -0.1) is 11.8 Å². The summed E-state index contributed by atoms with van der Waals surface area (Å²) in [6.45, 7) is 1.36. The Hall–Kier alpha value is -2.08. The third kappa shape index (κ3) is 3.82. The zero-order chi connectivity index (χ0) is 16.1. The molecule has 1 aliphatic rings. The minimum Gasteiger partial charge on any atom is -0.488 e. The Morgan fingerprint density at radius 2 is 2.13 bits per heavy atom. The molecule has 120 valence electrons. The second-order valence-corrected chi connectivity index (χ2v) is 6.17. The number of pyridine rings is 2. The summed E-state index contributed by atoms with van der Waals surface area (Å²) in [5.74, 6) is 0.830. The predicted octanol–water partition coefficient (Wildman–Crippen LogP) is 2.88. The summed E-state index contributed by atoms with van der Waals surface area (Å²) >= 11 is 1.49. The molecule has 0 saturated carbocycles. The van der Waals surface area contributed by atoms with Gasteiger partial charge in [-0.2, -0.15) is 0 Å². The largest absolute Gasteiger partial charge is 0.488 e. The third-order valence-electron chi connectivity index (χ3n) is 3.81. The SMILES string of the molecule is CSc1ncccc1C(=O)N1CCC[C@@H](Oc2ccncc2)C1. The van der Waals surface area contributed by atoms with Crippen LogP contribution in [0.2, 0.25) is 0 Å². The van der Waals surface area contributed by atoms with Gasteiger partial charge in [0, 0.05) is 25.1 Å². The lowest BCUT2D eigenvalue weighted by atomic mass is 10.1. The van der Waals surface area contributed by atoms with Crippen molar-refractivity contribution in [3.8, 4) is 5.75 Å². The molecular formula is C17H19N3O2S. The molecule has 1 amide bonds. The first kappa shape index (κ1) is 15.8. The molecule has 0 bridgehead atoms. The van der Waals surface area contributed by atoms with Gasteiger partial charge in [0.15, 0.2) is 0 Å². The van der Waals surface area contributed by atoms with Crippen LogP contribution in [0, 0.1) is 0 Å². The summed E-state index contributed by atoms with van der Waals surface area (Å²) in [5, 5.41) is 0.773. The molecule has 6 heteroatoms. The molecule has 2 aromatic rings. The summed E-state index contributed by atoms with van der Waals surface area (Å²) in [6.07, 6.45) is 8.98. The fourth-order valence-corrected chi connectivity index (χ4v) is 3.26. The Balaban J connectivity index is 1.69. The van der Waals surface area contributed by atoms with Crippen molar-refractivity contribution in [1.29, 1.82) is 0 Å². The molecule has 0 unspecified atom stereocenters. The number of rotatable bonds is 4. The number of aromatic nitrogens is 2. The smallest absolute Gasteiger partial charge is 0.256 e. The first-order chi connectivity index (χ1) is 11.3. The Morgan fingerprint density at radius 1 is 1.30 bits per heavy atom. The number of hydrogen-bond donors (Lipinski definition) is 0. The third-order valence-corrected chi connectivity index (χ3v) is 4.52. The highest BCUT2D eigenvalue weighted by Crippen LogP contribution is 2.22. The van der Waals surface area contributed by atoms with Crippen LogP contribution in [0.3, 0.4) is 0 Å². The summed E-state index contributed by atoms with van der Waals surface area (Å²) in [7, 11) is 0. The first-order valence-corrected chi connectivity index (χ1v) is 8.85. The van der Waals surface area contributed by atoms with Crippen LogP contribution < -0.4 is 4.74 Å². The fourth-order valence-electron chi connectivity index (χ4n) is 2.71. The standard InChI is InChI=1S/C17H19N3O2S/c1-23-16-15(5-2-8-19-16)17(21)20-11-3-4-14(12-20)22-13-6-9-18-10-7-13/h2,5-10,14H,3-4,11-12H2,1H3/t14-/m1/s1. The molecule has 0 aromatic carbocycles. The van der Waals surface area contributed by atoms with Gasteiger partial charge in [0.1, 0.15) is 16.9 Å². The van der Waals surface area contributed by atoms with Crippen molar-refractivity contribution in [3.05, 3.63) is 48.4 Å². The fraction of sp³-hybridized carbons (Fsp3) is 0.353. The van der Waals surface area contributed by atoms with Gasteiger partial charge in [-0.3, -0.25) is 9.78 Å². The van der Waals surface area contributed by atoms with E-state index in [9.17, 15) is 4.79 Å². The van der Waals surface area contributed by atoms with Crippen LogP contribution in [0.4, 0.5) is 0 Å². The van der Waals surface area contributed by atoms with Gasteiger partial charge in [0.05, 0.1) is 12.1 Å². The van der Waals surface area contributed by atoms with E-state index in [2.05, 4.69) is 9.97 Å². The first-order valence-electron chi connectivity index (χ1n) is 7.63. The minimum absolute atomic E-state index is 0.0181. The van der Waals surface area contributed by atoms with Crippen LogP contribution in [-0.4, -0.2) is 46.2 Å². The highest BCUT2D eigenvalue weighted by molar-refractivity contribution is 7.98. The Kier molecular flexibility index (Phi) is 5.12. The molecule has 0 N–H and O–H groups in total. The van der Waals surface area contributed by atoms with Crippen LogP contribution in [0.1, 0.15) is 23.2 Å². The number of piperidine rings is 1. The lowest BCUT2D eigenvalue weighted by molar-refractivity contribution is 0.0534. The van der Waals surface area contributed by atoms with E-state index in [1.165, 1.54) is 11.8 Å². The van der Waals surface area contributed by atoms with Crippen molar-refractivity contribution in [2.45, 2.75) is 24.0 Å². The van der Waals surface area contributed by atoms with E-state index in [1.54, 1.807) is 18.6 Å². The van der Waals surface area contributed by atoms with Crippen molar-refractivity contribution in [3.63, 3.8) is 0 Å². The molecule has 1 aliphatic heterocycles. The van der Waals surface area contributed by atoms with Gasteiger partial charge < -0.3 is 9.64 Å². The van der Waals surface area contributed by atoms with E-state index in [0.717, 1.165) is 30.2 Å². The summed E-state index contributed by atoms with van der Waals surface area (Å²) in [5.41, 5.74) is 0.671. The topological polar surface area (TPSA) is 55.3 Å². The van der Waals surface area contributed by atoms with Gasteiger partial charge in [-0.25, -0.2) is 4.98 Å². The van der Waals surface area contributed by atoms with Crippen LogP contribution >= 0.6 is 11.8 Å². The highest BCUT2D eigenvalue weighted by Gasteiger charge is 2.27. The molecular weight excluding hydrogens is 310 g/mol. The molecule has 0 spiro atoms. The van der Waals surface area contributed by atoms with Crippen molar-refractivity contribution < 1.29 is 9.53 Å². The molecule has 1 fully saturated rings. The van der Waals surface area contributed by atoms with Crippen molar-refractivity contribution >= 4 is 17.7 Å². The molecule has 0 radical (unpaired) electrons. The number of carbonyl (C=O) groups excluding carboxylic acids is 1. The maximum Gasteiger partial charge on any atom is 0.256 e. The Labute approximate surface area is 140 Å². The van der Waals surface area contributed by atoms with Crippen LogP contribution in [0.15, 0.2) is 47.9 Å². The van der Waals surface area contributed by atoms with Gasteiger partial charge >= 0.3 is 0 Å².